The molecular weight excluding hydrogens is 156 g/mol. The van der Waals surface area contributed by atoms with Gasteiger partial charge in [-0.3, -0.25) is 0 Å². The third-order valence-corrected chi connectivity index (χ3v) is 2.49. The van der Waals surface area contributed by atoms with Gasteiger partial charge in [0.05, 0.1) is 17.8 Å². The van der Waals surface area contributed by atoms with Crippen molar-refractivity contribution in [3.05, 3.63) is 17.5 Å². The molecule has 1 aliphatic rings. The van der Waals surface area contributed by atoms with Crippen molar-refractivity contribution in [2.75, 3.05) is 0 Å². The first-order valence-corrected chi connectivity index (χ1v) is 4.00. The highest BCUT2D eigenvalue weighted by Gasteiger charge is 2.43. The molecule has 1 aromatic rings. The molecule has 4 heteroatoms. The maximum absolute atomic E-state index is 9.14. The van der Waals surface area contributed by atoms with Crippen molar-refractivity contribution >= 4 is 0 Å². The summed E-state index contributed by atoms with van der Waals surface area (Å²) in [5.41, 5.74) is 6.52. The van der Waals surface area contributed by atoms with E-state index in [1.54, 1.807) is 6.20 Å². The van der Waals surface area contributed by atoms with Crippen LogP contribution < -0.4 is 5.73 Å². The van der Waals surface area contributed by atoms with Crippen LogP contribution in [0.4, 0.5) is 0 Å². The summed E-state index contributed by atoms with van der Waals surface area (Å²) >= 11 is 0. The molecule has 0 aromatic carbocycles. The molecule has 3 N–H and O–H groups in total. The topological polar surface area (TPSA) is 72.3 Å². The van der Waals surface area contributed by atoms with Gasteiger partial charge in [0.1, 0.15) is 5.76 Å². The fourth-order valence-corrected chi connectivity index (χ4v) is 1.78. The fourth-order valence-electron chi connectivity index (χ4n) is 1.78. The molecule has 1 heterocycles. The van der Waals surface area contributed by atoms with Crippen LogP contribution in [0.15, 0.2) is 10.7 Å². The zero-order chi connectivity index (χ0) is 8.77. The SMILES string of the molecule is Cc1oncc1C1(N)CC(O)C1. The first-order chi connectivity index (χ1) is 5.62. The minimum absolute atomic E-state index is 0.260. The highest BCUT2D eigenvalue weighted by Crippen LogP contribution is 2.40. The molecule has 12 heavy (non-hydrogen) atoms. The second-order valence-electron chi connectivity index (χ2n) is 3.51. The summed E-state index contributed by atoms with van der Waals surface area (Å²) in [6, 6.07) is 0. The quantitative estimate of drug-likeness (QED) is 0.632. The number of hydrogen-bond donors (Lipinski definition) is 2. The Balaban J connectivity index is 2.26. The van der Waals surface area contributed by atoms with Crippen molar-refractivity contribution in [1.82, 2.24) is 5.16 Å². The van der Waals surface area contributed by atoms with Crippen LogP contribution in [0.25, 0.3) is 0 Å². The van der Waals surface area contributed by atoms with E-state index in [0.717, 1.165) is 11.3 Å². The lowest BCUT2D eigenvalue weighted by Gasteiger charge is -2.41. The van der Waals surface area contributed by atoms with Gasteiger partial charge in [-0.15, -0.1) is 0 Å². The Morgan fingerprint density at radius 2 is 2.42 bits per heavy atom. The van der Waals surface area contributed by atoms with Crippen LogP contribution in [0.1, 0.15) is 24.2 Å². The molecule has 0 unspecified atom stereocenters. The predicted molar refractivity (Wildman–Crippen MR) is 42.3 cm³/mol. The van der Waals surface area contributed by atoms with Gasteiger partial charge in [-0.2, -0.15) is 0 Å². The van der Waals surface area contributed by atoms with E-state index in [4.69, 9.17) is 15.4 Å². The largest absolute Gasteiger partial charge is 0.393 e. The standard InChI is InChI=1S/C8H12N2O2/c1-5-7(4-10-12-5)8(9)2-6(11)3-8/h4,6,11H,2-3,9H2,1H3. The highest BCUT2D eigenvalue weighted by atomic mass is 16.5. The molecule has 1 saturated carbocycles. The van der Waals surface area contributed by atoms with Gasteiger partial charge in [0.15, 0.2) is 0 Å². The van der Waals surface area contributed by atoms with Crippen molar-refractivity contribution in [1.29, 1.82) is 0 Å². The summed E-state index contributed by atoms with van der Waals surface area (Å²) in [5, 5.41) is 12.8. The van der Waals surface area contributed by atoms with Crippen molar-refractivity contribution in [3.63, 3.8) is 0 Å². The van der Waals surface area contributed by atoms with Crippen molar-refractivity contribution in [2.24, 2.45) is 5.73 Å². The Morgan fingerprint density at radius 3 is 2.83 bits per heavy atom. The molecule has 1 aromatic heterocycles. The third kappa shape index (κ3) is 0.956. The molecule has 0 saturated heterocycles. The van der Waals surface area contributed by atoms with Gasteiger partial charge in [0.25, 0.3) is 0 Å². The summed E-state index contributed by atoms with van der Waals surface area (Å²) in [5.74, 6) is 0.754. The highest BCUT2D eigenvalue weighted by molar-refractivity contribution is 5.26. The maximum Gasteiger partial charge on any atom is 0.138 e. The van der Waals surface area contributed by atoms with E-state index in [1.165, 1.54) is 0 Å². The zero-order valence-electron chi connectivity index (χ0n) is 6.95. The maximum atomic E-state index is 9.14. The van der Waals surface area contributed by atoms with Crippen LogP contribution in [0, 0.1) is 6.92 Å². The Bertz CT molecular complexity index is 289. The lowest BCUT2D eigenvalue weighted by molar-refractivity contribution is 0.0203. The van der Waals surface area contributed by atoms with E-state index < -0.39 is 5.54 Å². The van der Waals surface area contributed by atoms with Crippen LogP contribution in [0.3, 0.4) is 0 Å². The van der Waals surface area contributed by atoms with Crippen LogP contribution >= 0.6 is 0 Å². The molecule has 0 spiro atoms. The van der Waals surface area contributed by atoms with Crippen molar-refractivity contribution in [2.45, 2.75) is 31.4 Å². The van der Waals surface area contributed by atoms with Gasteiger partial charge in [0.2, 0.25) is 0 Å². The molecule has 0 amide bonds. The minimum atomic E-state index is -0.399. The Labute approximate surface area is 70.3 Å². The smallest absolute Gasteiger partial charge is 0.138 e. The lowest BCUT2D eigenvalue weighted by atomic mass is 9.71. The monoisotopic (exact) mass is 168 g/mol. The van der Waals surface area contributed by atoms with Crippen molar-refractivity contribution < 1.29 is 9.63 Å². The summed E-state index contributed by atoms with van der Waals surface area (Å²) in [4.78, 5) is 0. The Hall–Kier alpha value is -0.870. The average molecular weight is 168 g/mol. The summed E-state index contributed by atoms with van der Waals surface area (Å²) < 4.78 is 4.91. The molecule has 0 aliphatic heterocycles. The van der Waals surface area contributed by atoms with E-state index in [1.807, 2.05) is 6.92 Å². The lowest BCUT2D eigenvalue weighted by Crippen LogP contribution is -2.51. The van der Waals surface area contributed by atoms with Gasteiger partial charge in [-0.25, -0.2) is 0 Å². The molecule has 2 rings (SSSR count). The number of aromatic nitrogens is 1. The number of nitrogens with two attached hydrogens (primary N) is 1. The molecule has 4 nitrogen and oxygen atoms in total. The van der Waals surface area contributed by atoms with Crippen LogP contribution in [-0.2, 0) is 5.54 Å². The Kier molecular flexibility index (Phi) is 1.49. The number of hydrogen-bond acceptors (Lipinski definition) is 4. The van der Waals surface area contributed by atoms with Gasteiger partial charge in [-0.05, 0) is 19.8 Å². The van der Waals surface area contributed by atoms with Crippen LogP contribution in [0.5, 0.6) is 0 Å². The van der Waals surface area contributed by atoms with Gasteiger partial charge in [-0.1, -0.05) is 5.16 Å². The third-order valence-electron chi connectivity index (χ3n) is 2.49. The summed E-state index contributed by atoms with van der Waals surface area (Å²) in [6.07, 6.45) is 2.59. The first-order valence-electron chi connectivity index (χ1n) is 4.00. The minimum Gasteiger partial charge on any atom is -0.393 e. The molecule has 66 valence electrons. The second-order valence-corrected chi connectivity index (χ2v) is 3.51. The van der Waals surface area contributed by atoms with E-state index in [-0.39, 0.29) is 6.10 Å². The zero-order valence-corrected chi connectivity index (χ0v) is 6.95. The number of rotatable bonds is 1. The number of aliphatic hydroxyl groups is 1. The van der Waals surface area contributed by atoms with Gasteiger partial charge >= 0.3 is 0 Å². The number of aliphatic hydroxyl groups excluding tert-OH is 1. The van der Waals surface area contributed by atoms with Crippen LogP contribution in [0.2, 0.25) is 0 Å². The van der Waals surface area contributed by atoms with E-state index in [2.05, 4.69) is 5.16 Å². The molecule has 1 fully saturated rings. The van der Waals surface area contributed by atoms with E-state index >= 15 is 0 Å². The average Bonchev–Trinajstić information content (AvgIpc) is 2.32. The van der Waals surface area contributed by atoms with Gasteiger partial charge in [0, 0.05) is 5.56 Å². The second kappa shape index (κ2) is 2.31. The fraction of sp³-hybridized carbons (Fsp3) is 0.625. The molecule has 0 atom stereocenters. The predicted octanol–water partition coefficient (Wildman–Crippen LogP) is 0.292. The first kappa shape index (κ1) is 7.76. The summed E-state index contributed by atoms with van der Waals surface area (Å²) in [6.45, 7) is 1.83. The van der Waals surface area contributed by atoms with E-state index in [0.29, 0.717) is 12.8 Å². The van der Waals surface area contributed by atoms with Gasteiger partial charge < -0.3 is 15.4 Å². The molecular formula is C8H12N2O2. The summed E-state index contributed by atoms with van der Waals surface area (Å²) in [7, 11) is 0. The molecule has 1 aliphatic carbocycles. The van der Waals surface area contributed by atoms with E-state index in [9.17, 15) is 0 Å². The Morgan fingerprint density at radius 1 is 1.75 bits per heavy atom. The number of nitrogens with zero attached hydrogens (tertiary/aromatic N) is 1. The molecule has 0 radical (unpaired) electrons. The van der Waals surface area contributed by atoms with Crippen molar-refractivity contribution in [3.8, 4) is 0 Å². The van der Waals surface area contributed by atoms with Crippen LogP contribution in [-0.4, -0.2) is 16.4 Å². The number of aryl methyl sites for hydroxylation is 1. The molecule has 0 bridgehead atoms. The normalized spacial score (nSPS) is 34.8.